The molecular formula is C20H27F3N2O2. The van der Waals surface area contributed by atoms with Crippen molar-refractivity contribution in [2.75, 3.05) is 20.6 Å². The van der Waals surface area contributed by atoms with E-state index in [0.29, 0.717) is 17.4 Å². The summed E-state index contributed by atoms with van der Waals surface area (Å²) < 4.78 is 45.9. The van der Waals surface area contributed by atoms with E-state index in [0.717, 1.165) is 25.7 Å². The van der Waals surface area contributed by atoms with Gasteiger partial charge in [-0.05, 0) is 44.6 Å². The van der Waals surface area contributed by atoms with Gasteiger partial charge in [-0.1, -0.05) is 32.3 Å². The molecule has 1 heterocycles. The van der Waals surface area contributed by atoms with Crippen molar-refractivity contribution < 1.29 is 22.7 Å². The van der Waals surface area contributed by atoms with Crippen molar-refractivity contribution >= 4 is 16.9 Å². The lowest BCUT2D eigenvalue weighted by Gasteiger charge is -2.13. The van der Waals surface area contributed by atoms with Gasteiger partial charge >= 0.3 is 12.1 Å². The number of hydrogen-bond donors (Lipinski definition) is 1. The zero-order chi connectivity index (χ0) is 20.0. The fraction of sp³-hybridized carbons (Fsp3) is 0.550. The average Bonchev–Trinajstić information content (AvgIpc) is 2.97. The van der Waals surface area contributed by atoms with Gasteiger partial charge in [0.05, 0.1) is 0 Å². The Morgan fingerprint density at radius 3 is 2.56 bits per heavy atom. The van der Waals surface area contributed by atoms with E-state index < -0.39 is 17.8 Å². The summed E-state index contributed by atoms with van der Waals surface area (Å²) in [6.07, 6.45) is -0.268. The first-order valence-electron chi connectivity index (χ1n) is 9.30. The van der Waals surface area contributed by atoms with Crippen molar-refractivity contribution in [3.8, 4) is 5.75 Å². The highest BCUT2D eigenvalue weighted by atomic mass is 19.4. The minimum Gasteiger partial charge on any atom is -0.426 e. The van der Waals surface area contributed by atoms with Crippen LogP contribution in [-0.4, -0.2) is 36.5 Å². The fourth-order valence-electron chi connectivity index (χ4n) is 3.06. The first-order chi connectivity index (χ1) is 12.7. The van der Waals surface area contributed by atoms with Crippen LogP contribution in [0.3, 0.4) is 0 Å². The second-order valence-corrected chi connectivity index (χ2v) is 6.99. The number of fused-ring (bicyclic) bond motifs is 1. The van der Waals surface area contributed by atoms with E-state index in [1.165, 1.54) is 0 Å². The fourth-order valence-corrected chi connectivity index (χ4v) is 3.06. The molecule has 0 spiro atoms. The van der Waals surface area contributed by atoms with E-state index in [1.807, 2.05) is 4.90 Å². The number of alkyl halides is 3. The second kappa shape index (κ2) is 9.26. The molecule has 1 N–H and O–H groups in total. The molecule has 0 aliphatic carbocycles. The number of aromatic nitrogens is 1. The number of unbranched alkanes of at least 4 members (excludes halogenated alkanes) is 3. The Kier molecular flexibility index (Phi) is 7.30. The number of aromatic amines is 1. The number of nitrogens with zero attached hydrogens (tertiary/aromatic N) is 1. The maximum absolute atomic E-state index is 13.5. The molecule has 7 heteroatoms. The molecule has 0 unspecified atom stereocenters. The molecule has 1 aromatic heterocycles. The maximum atomic E-state index is 13.5. The molecule has 0 fully saturated rings. The highest BCUT2D eigenvalue weighted by molar-refractivity contribution is 5.92. The molecule has 0 saturated heterocycles. The molecule has 4 nitrogen and oxygen atoms in total. The van der Waals surface area contributed by atoms with E-state index in [1.54, 1.807) is 32.3 Å². The van der Waals surface area contributed by atoms with Crippen molar-refractivity contribution in [3.63, 3.8) is 0 Å². The van der Waals surface area contributed by atoms with Gasteiger partial charge in [0.1, 0.15) is 11.4 Å². The number of halogens is 3. The standard InChI is InChI=1S/C20H27F3N2O2/c1-4-5-6-7-11-17(26)27-16-10-8-9-15-18(16)14(12-13-25(2)3)19(24-15)20(21,22)23/h8-10,24H,4-7,11-13H2,1-3H3. The number of H-pyrrole nitrogens is 1. The van der Waals surface area contributed by atoms with Crippen LogP contribution < -0.4 is 4.74 Å². The molecule has 0 bridgehead atoms. The summed E-state index contributed by atoms with van der Waals surface area (Å²) in [5.41, 5.74) is -0.307. The van der Waals surface area contributed by atoms with Gasteiger partial charge in [-0.15, -0.1) is 0 Å². The van der Waals surface area contributed by atoms with Crippen molar-refractivity contribution in [1.29, 1.82) is 0 Å². The summed E-state index contributed by atoms with van der Waals surface area (Å²) in [7, 11) is 3.61. The zero-order valence-corrected chi connectivity index (χ0v) is 16.1. The zero-order valence-electron chi connectivity index (χ0n) is 16.1. The molecule has 150 valence electrons. The van der Waals surface area contributed by atoms with Crippen molar-refractivity contribution in [3.05, 3.63) is 29.5 Å². The van der Waals surface area contributed by atoms with Gasteiger partial charge in [-0.25, -0.2) is 0 Å². The Balaban J connectivity index is 2.33. The molecule has 0 amide bonds. The van der Waals surface area contributed by atoms with E-state index in [4.69, 9.17) is 4.74 Å². The predicted molar refractivity (Wildman–Crippen MR) is 100.0 cm³/mol. The summed E-state index contributed by atoms with van der Waals surface area (Å²) in [5, 5.41) is 0.341. The Bertz CT molecular complexity index is 766. The Morgan fingerprint density at radius 2 is 1.93 bits per heavy atom. The lowest BCUT2D eigenvalue weighted by atomic mass is 10.1. The van der Waals surface area contributed by atoms with E-state index >= 15 is 0 Å². The van der Waals surface area contributed by atoms with Crippen LogP contribution in [0.2, 0.25) is 0 Å². The van der Waals surface area contributed by atoms with Crippen LogP contribution in [0.25, 0.3) is 10.9 Å². The van der Waals surface area contributed by atoms with Gasteiger partial charge < -0.3 is 14.6 Å². The van der Waals surface area contributed by atoms with Crippen molar-refractivity contribution in [2.24, 2.45) is 0 Å². The van der Waals surface area contributed by atoms with Crippen LogP contribution in [0, 0.1) is 0 Å². The first-order valence-corrected chi connectivity index (χ1v) is 9.30. The van der Waals surface area contributed by atoms with Gasteiger partial charge in [-0.2, -0.15) is 13.2 Å². The smallest absolute Gasteiger partial charge is 0.426 e. The first kappa shape index (κ1) is 21.3. The van der Waals surface area contributed by atoms with Gasteiger partial charge in [0.2, 0.25) is 0 Å². The van der Waals surface area contributed by atoms with Gasteiger partial charge in [-0.3, -0.25) is 4.79 Å². The number of hydrogen-bond acceptors (Lipinski definition) is 3. The highest BCUT2D eigenvalue weighted by Gasteiger charge is 2.37. The molecular weight excluding hydrogens is 357 g/mol. The quantitative estimate of drug-likeness (QED) is 0.369. The number of carbonyl (C=O) groups excluding carboxylic acids is 1. The van der Waals surface area contributed by atoms with Crippen LogP contribution in [0.4, 0.5) is 13.2 Å². The number of carbonyl (C=O) groups is 1. The number of ether oxygens (including phenoxy) is 1. The van der Waals surface area contributed by atoms with Crippen LogP contribution in [0.15, 0.2) is 18.2 Å². The number of likely N-dealkylation sites (N-methyl/N-ethyl adjacent to an activating group) is 1. The molecule has 2 rings (SSSR count). The second-order valence-electron chi connectivity index (χ2n) is 6.99. The van der Waals surface area contributed by atoms with E-state index in [2.05, 4.69) is 11.9 Å². The lowest BCUT2D eigenvalue weighted by molar-refractivity contribution is -0.141. The van der Waals surface area contributed by atoms with E-state index in [9.17, 15) is 18.0 Å². The molecule has 2 aromatic rings. The van der Waals surface area contributed by atoms with Gasteiger partial charge in [0.15, 0.2) is 0 Å². The number of rotatable bonds is 9. The third-order valence-corrected chi connectivity index (χ3v) is 4.44. The normalized spacial score (nSPS) is 12.1. The van der Waals surface area contributed by atoms with Crippen LogP contribution >= 0.6 is 0 Å². The molecule has 0 aliphatic heterocycles. The average molecular weight is 384 g/mol. The molecule has 0 aliphatic rings. The molecule has 1 aromatic carbocycles. The summed E-state index contributed by atoms with van der Waals surface area (Å²) in [5.74, 6) is -0.222. The molecule has 0 saturated carbocycles. The summed E-state index contributed by atoms with van der Waals surface area (Å²) in [6.45, 7) is 2.54. The molecule has 0 radical (unpaired) electrons. The minimum atomic E-state index is -4.50. The summed E-state index contributed by atoms with van der Waals surface area (Å²) in [6, 6.07) is 4.72. The largest absolute Gasteiger partial charge is 0.431 e. The Labute approximate surface area is 157 Å². The number of nitrogens with one attached hydrogen (secondary N) is 1. The summed E-state index contributed by atoms with van der Waals surface area (Å²) >= 11 is 0. The third-order valence-electron chi connectivity index (χ3n) is 4.44. The molecule has 0 atom stereocenters. The van der Waals surface area contributed by atoms with Gasteiger partial charge in [0.25, 0.3) is 0 Å². The van der Waals surface area contributed by atoms with E-state index in [-0.39, 0.29) is 24.2 Å². The molecule has 27 heavy (non-hydrogen) atoms. The number of esters is 1. The maximum Gasteiger partial charge on any atom is 0.431 e. The van der Waals surface area contributed by atoms with Crippen molar-refractivity contribution in [1.82, 2.24) is 9.88 Å². The van der Waals surface area contributed by atoms with Crippen LogP contribution in [0.1, 0.15) is 50.3 Å². The minimum absolute atomic E-state index is 0.139. The number of benzene rings is 1. The van der Waals surface area contributed by atoms with Gasteiger partial charge in [0, 0.05) is 23.9 Å². The van der Waals surface area contributed by atoms with Crippen LogP contribution in [-0.2, 0) is 17.4 Å². The Hall–Kier alpha value is -2.02. The summed E-state index contributed by atoms with van der Waals surface area (Å²) in [4.78, 5) is 16.4. The van der Waals surface area contributed by atoms with Crippen LogP contribution in [0.5, 0.6) is 5.75 Å². The predicted octanol–water partition coefficient (Wildman–Crippen LogP) is 5.17. The lowest BCUT2D eigenvalue weighted by Crippen LogP contribution is -2.17. The third kappa shape index (κ3) is 5.73. The Morgan fingerprint density at radius 1 is 1.19 bits per heavy atom. The topological polar surface area (TPSA) is 45.3 Å². The van der Waals surface area contributed by atoms with Crippen molar-refractivity contribution in [2.45, 2.75) is 51.6 Å². The monoisotopic (exact) mass is 384 g/mol. The SMILES string of the molecule is CCCCCCC(=O)Oc1cccc2[nH]c(C(F)(F)F)c(CCN(C)C)c12. The highest BCUT2D eigenvalue weighted by Crippen LogP contribution is 2.39.